The highest BCUT2D eigenvalue weighted by atomic mass is 32.2. The molecule has 2 N–H and O–H groups in total. The molecule has 0 bridgehead atoms. The van der Waals surface area contributed by atoms with E-state index in [0.29, 0.717) is 5.75 Å². The fraction of sp³-hybridized carbons (Fsp3) is 0.211. The number of rotatable bonds is 8. The van der Waals surface area contributed by atoms with Crippen LogP contribution in [0.5, 0.6) is 5.75 Å². The molecule has 0 unspecified atom stereocenters. The van der Waals surface area contributed by atoms with Crippen molar-refractivity contribution in [3.05, 3.63) is 54.1 Å². The zero-order valence-electron chi connectivity index (χ0n) is 15.7. The van der Waals surface area contributed by atoms with Gasteiger partial charge in [0.2, 0.25) is 10.0 Å². The fourth-order valence-corrected chi connectivity index (χ4v) is 3.43. The Labute approximate surface area is 168 Å². The normalized spacial score (nSPS) is 11.8. The number of hydrogen-bond acceptors (Lipinski definition) is 7. The molecule has 29 heavy (non-hydrogen) atoms. The van der Waals surface area contributed by atoms with Crippen LogP contribution in [0, 0.1) is 11.3 Å². The van der Waals surface area contributed by atoms with Crippen LogP contribution in [0.4, 0.5) is 5.69 Å². The van der Waals surface area contributed by atoms with Crippen LogP contribution in [-0.4, -0.2) is 40.1 Å². The van der Waals surface area contributed by atoms with E-state index in [1.54, 1.807) is 12.1 Å². The summed E-state index contributed by atoms with van der Waals surface area (Å²) in [5.41, 5.74) is 0.539. The van der Waals surface area contributed by atoms with Crippen molar-refractivity contribution in [1.82, 2.24) is 4.72 Å². The number of sulfonamides is 1. The quantitative estimate of drug-likeness (QED) is 0.620. The van der Waals surface area contributed by atoms with Gasteiger partial charge in [-0.25, -0.2) is 8.42 Å². The van der Waals surface area contributed by atoms with Crippen LogP contribution in [0.2, 0.25) is 0 Å². The number of nitrogens with zero attached hydrogens (tertiary/aromatic N) is 1. The molecular formula is C19H19N3O6S. The smallest absolute Gasteiger partial charge is 0.324 e. The lowest BCUT2D eigenvalue weighted by Crippen LogP contribution is -2.40. The molecule has 0 spiro atoms. The Hall–Kier alpha value is -3.42. The van der Waals surface area contributed by atoms with E-state index < -0.39 is 34.5 Å². The molecule has 0 radical (unpaired) electrons. The van der Waals surface area contributed by atoms with Gasteiger partial charge in [0.25, 0.3) is 5.91 Å². The third-order valence-corrected chi connectivity index (χ3v) is 5.28. The van der Waals surface area contributed by atoms with E-state index in [-0.39, 0.29) is 16.1 Å². The number of hydrogen-bond donors (Lipinski definition) is 2. The van der Waals surface area contributed by atoms with E-state index in [1.165, 1.54) is 50.4 Å². The third-order valence-electron chi connectivity index (χ3n) is 3.72. The first-order chi connectivity index (χ1) is 13.8. The summed E-state index contributed by atoms with van der Waals surface area (Å²) < 4.78 is 36.7. The molecule has 0 aliphatic heterocycles. The number of para-hydroxylation sites is 1. The van der Waals surface area contributed by atoms with Gasteiger partial charge in [0, 0.05) is 0 Å². The maximum Gasteiger partial charge on any atom is 0.324 e. The van der Waals surface area contributed by atoms with Crippen molar-refractivity contribution >= 4 is 27.6 Å². The van der Waals surface area contributed by atoms with Crippen molar-refractivity contribution in [3.63, 3.8) is 0 Å². The molecule has 9 nitrogen and oxygen atoms in total. The van der Waals surface area contributed by atoms with Gasteiger partial charge >= 0.3 is 5.97 Å². The van der Waals surface area contributed by atoms with Crippen LogP contribution < -0.4 is 14.8 Å². The number of carbonyl (C=O) groups excluding carboxylic acids is 2. The summed E-state index contributed by atoms with van der Waals surface area (Å²) in [5.74, 6) is -1.10. The number of nitriles is 1. The molecule has 0 heterocycles. The zero-order chi connectivity index (χ0) is 21.4. The maximum absolute atomic E-state index is 12.3. The first kappa shape index (κ1) is 21.9. The molecule has 1 atom stereocenters. The first-order valence-corrected chi connectivity index (χ1v) is 9.87. The number of esters is 1. The SMILES string of the molecule is COc1ccc(S(=O)(=O)N[C@@H](C)C(=O)OCC(=O)Nc2ccccc2C#N)cc1. The lowest BCUT2D eigenvalue weighted by atomic mass is 10.2. The summed E-state index contributed by atoms with van der Waals surface area (Å²) in [6, 6.07) is 12.7. The third kappa shape index (κ3) is 6.03. The molecule has 0 fully saturated rings. The molecule has 152 valence electrons. The largest absolute Gasteiger partial charge is 0.497 e. The predicted molar refractivity (Wildman–Crippen MR) is 104 cm³/mol. The standard InChI is InChI=1S/C19H19N3O6S/c1-13(22-29(25,26)16-9-7-15(27-2)8-10-16)19(24)28-12-18(23)21-17-6-4-3-5-14(17)11-20/h3-10,13,22H,12H2,1-2H3,(H,21,23)/t13-/m0/s1. The molecule has 0 saturated heterocycles. The Morgan fingerprint density at radius 1 is 1.14 bits per heavy atom. The van der Waals surface area contributed by atoms with Crippen LogP contribution >= 0.6 is 0 Å². The summed E-state index contributed by atoms with van der Waals surface area (Å²) in [4.78, 5) is 23.9. The number of ether oxygens (including phenoxy) is 2. The van der Waals surface area contributed by atoms with E-state index >= 15 is 0 Å². The van der Waals surface area contributed by atoms with Gasteiger partial charge in [-0.3, -0.25) is 9.59 Å². The Balaban J connectivity index is 1.91. The van der Waals surface area contributed by atoms with Crippen LogP contribution in [-0.2, 0) is 24.3 Å². The first-order valence-electron chi connectivity index (χ1n) is 8.39. The minimum Gasteiger partial charge on any atom is -0.497 e. The van der Waals surface area contributed by atoms with Crippen molar-refractivity contribution in [2.75, 3.05) is 19.0 Å². The van der Waals surface area contributed by atoms with Crippen molar-refractivity contribution < 1.29 is 27.5 Å². The summed E-state index contributed by atoms with van der Waals surface area (Å²) >= 11 is 0. The Morgan fingerprint density at radius 2 is 1.79 bits per heavy atom. The fourth-order valence-electron chi connectivity index (χ4n) is 2.24. The number of benzene rings is 2. The molecule has 10 heteroatoms. The molecule has 0 aliphatic carbocycles. The molecule has 2 rings (SSSR count). The van der Waals surface area contributed by atoms with Gasteiger partial charge < -0.3 is 14.8 Å². The monoisotopic (exact) mass is 417 g/mol. The number of nitrogens with one attached hydrogen (secondary N) is 2. The van der Waals surface area contributed by atoms with Crippen molar-refractivity contribution in [1.29, 1.82) is 5.26 Å². The number of amides is 1. The molecular weight excluding hydrogens is 398 g/mol. The molecule has 1 amide bonds. The van der Waals surface area contributed by atoms with Gasteiger partial charge in [-0.1, -0.05) is 12.1 Å². The van der Waals surface area contributed by atoms with Gasteiger partial charge in [0.1, 0.15) is 17.9 Å². The van der Waals surface area contributed by atoms with E-state index in [0.717, 1.165) is 0 Å². The summed E-state index contributed by atoms with van der Waals surface area (Å²) in [5, 5.41) is 11.4. The lowest BCUT2D eigenvalue weighted by Gasteiger charge is -2.14. The summed E-state index contributed by atoms with van der Waals surface area (Å²) in [6.07, 6.45) is 0. The highest BCUT2D eigenvalue weighted by molar-refractivity contribution is 7.89. The molecule has 0 aromatic heterocycles. The second kappa shape index (κ2) is 9.68. The zero-order valence-corrected chi connectivity index (χ0v) is 16.5. The average Bonchev–Trinajstić information content (AvgIpc) is 2.72. The van der Waals surface area contributed by atoms with Crippen molar-refractivity contribution in [3.8, 4) is 11.8 Å². The molecule has 0 saturated carbocycles. The predicted octanol–water partition coefficient (Wildman–Crippen LogP) is 1.42. The topological polar surface area (TPSA) is 135 Å². The van der Waals surface area contributed by atoms with Crippen LogP contribution in [0.15, 0.2) is 53.4 Å². The summed E-state index contributed by atoms with van der Waals surface area (Å²) in [7, 11) is -2.52. The lowest BCUT2D eigenvalue weighted by molar-refractivity contribution is -0.148. The Kier molecular flexibility index (Phi) is 7.30. The number of methoxy groups -OCH3 is 1. The van der Waals surface area contributed by atoms with Crippen molar-refractivity contribution in [2.45, 2.75) is 17.9 Å². The van der Waals surface area contributed by atoms with Gasteiger partial charge in [0.15, 0.2) is 6.61 Å². The molecule has 2 aromatic rings. The minimum absolute atomic E-state index is 0.0520. The second-order valence-electron chi connectivity index (χ2n) is 5.83. The van der Waals surface area contributed by atoms with Crippen LogP contribution in [0.3, 0.4) is 0 Å². The van der Waals surface area contributed by atoms with E-state index in [4.69, 9.17) is 14.7 Å². The average molecular weight is 417 g/mol. The van der Waals surface area contributed by atoms with E-state index in [9.17, 15) is 18.0 Å². The van der Waals surface area contributed by atoms with E-state index in [1.807, 2.05) is 6.07 Å². The second-order valence-corrected chi connectivity index (χ2v) is 7.55. The summed E-state index contributed by atoms with van der Waals surface area (Å²) in [6.45, 7) is 0.666. The van der Waals surface area contributed by atoms with Gasteiger partial charge in [-0.2, -0.15) is 9.98 Å². The van der Waals surface area contributed by atoms with Crippen molar-refractivity contribution in [2.24, 2.45) is 0 Å². The highest BCUT2D eigenvalue weighted by Crippen LogP contribution is 2.16. The van der Waals surface area contributed by atoms with Crippen LogP contribution in [0.25, 0.3) is 0 Å². The van der Waals surface area contributed by atoms with E-state index in [2.05, 4.69) is 10.0 Å². The Bertz CT molecular complexity index is 1030. The van der Waals surface area contributed by atoms with Crippen LogP contribution in [0.1, 0.15) is 12.5 Å². The Morgan fingerprint density at radius 3 is 2.41 bits per heavy atom. The molecule has 0 aliphatic rings. The van der Waals surface area contributed by atoms with Gasteiger partial charge in [-0.05, 0) is 43.3 Å². The number of carbonyl (C=O) groups is 2. The maximum atomic E-state index is 12.3. The van der Waals surface area contributed by atoms with Gasteiger partial charge in [0.05, 0.1) is 23.3 Å². The molecule has 2 aromatic carbocycles. The number of anilines is 1. The minimum atomic E-state index is -3.97. The highest BCUT2D eigenvalue weighted by Gasteiger charge is 2.24. The van der Waals surface area contributed by atoms with Gasteiger partial charge in [-0.15, -0.1) is 0 Å².